The molecule has 3 N–H and O–H groups in total. The topological polar surface area (TPSA) is 115 Å². The number of amides is 1. The normalized spacial score (nSPS) is 8.59. The fourth-order valence-electron chi connectivity index (χ4n) is 1.15. The number of hydrogen-bond donors (Lipinski definition) is 2. The minimum atomic E-state index is -0.430. The number of primary amides is 1. The van der Waals surface area contributed by atoms with Gasteiger partial charge in [0.15, 0.2) is 0 Å². The number of anilines is 1. The maximum absolute atomic E-state index is 10.7. The molecule has 0 bridgehead atoms. The zero-order valence-corrected chi connectivity index (χ0v) is 8.84. The van der Waals surface area contributed by atoms with Crippen LogP contribution in [0.5, 0.6) is 0 Å². The van der Waals surface area contributed by atoms with Gasteiger partial charge in [-0.1, -0.05) is 12.1 Å². The molecule has 1 aromatic carbocycles. The summed E-state index contributed by atoms with van der Waals surface area (Å²) in [5.74, 6) is -0.430. The van der Waals surface area contributed by atoms with Crippen LogP contribution >= 0.6 is 0 Å². The van der Waals surface area contributed by atoms with Crippen LogP contribution in [0.3, 0.4) is 0 Å². The predicted molar refractivity (Wildman–Crippen MR) is 61.6 cm³/mol. The van der Waals surface area contributed by atoms with Gasteiger partial charge < -0.3 is 5.73 Å². The molecule has 0 spiro atoms. The Morgan fingerprint density at radius 1 is 1.41 bits per heavy atom. The molecule has 0 aromatic heterocycles. The van der Waals surface area contributed by atoms with Gasteiger partial charge >= 0.3 is 0 Å². The number of hydrogen-bond acceptors (Lipinski definition) is 5. The van der Waals surface area contributed by atoms with Crippen molar-refractivity contribution in [2.24, 2.45) is 10.8 Å². The third-order valence-electron chi connectivity index (χ3n) is 1.81. The van der Waals surface area contributed by atoms with Crippen molar-refractivity contribution in [2.75, 3.05) is 5.43 Å². The Balaban J connectivity index is 2.80. The van der Waals surface area contributed by atoms with Gasteiger partial charge in [-0.25, -0.2) is 0 Å². The third-order valence-corrected chi connectivity index (χ3v) is 1.81. The van der Waals surface area contributed by atoms with Crippen molar-refractivity contribution in [2.45, 2.75) is 6.42 Å². The van der Waals surface area contributed by atoms with E-state index in [9.17, 15) is 4.79 Å². The van der Waals surface area contributed by atoms with E-state index >= 15 is 0 Å². The molecule has 6 heteroatoms. The van der Waals surface area contributed by atoms with E-state index in [1.807, 2.05) is 0 Å². The molecule has 84 valence electrons. The molecule has 0 atom stereocenters. The van der Waals surface area contributed by atoms with E-state index in [-0.39, 0.29) is 12.1 Å². The highest BCUT2D eigenvalue weighted by Gasteiger charge is 2.00. The van der Waals surface area contributed by atoms with E-state index in [2.05, 4.69) is 10.5 Å². The number of carbonyl (C=O) groups is 1. The van der Waals surface area contributed by atoms with Crippen molar-refractivity contribution < 1.29 is 4.79 Å². The average molecular weight is 227 g/mol. The summed E-state index contributed by atoms with van der Waals surface area (Å²) in [6.07, 6.45) is 0.128. The number of rotatable bonds is 4. The smallest absolute Gasteiger partial charge is 0.237 e. The standard InChI is InChI=1S/C11H9N5O/c12-6-10(7-13)16-15-9-3-1-2-8(4-9)5-11(14)17/h1-4,15H,5H2,(H2,14,17). The van der Waals surface area contributed by atoms with Crippen LogP contribution in [0.25, 0.3) is 0 Å². The maximum atomic E-state index is 10.7. The van der Waals surface area contributed by atoms with Crippen LogP contribution in [0.15, 0.2) is 29.4 Å². The Labute approximate surface area is 98.0 Å². The first-order valence-electron chi connectivity index (χ1n) is 4.67. The molecule has 0 aliphatic carbocycles. The summed E-state index contributed by atoms with van der Waals surface area (Å²) in [4.78, 5) is 10.7. The first-order valence-corrected chi connectivity index (χ1v) is 4.67. The molecule has 0 aliphatic heterocycles. The average Bonchev–Trinajstić information content (AvgIpc) is 2.30. The number of nitrogens with two attached hydrogens (primary N) is 1. The summed E-state index contributed by atoms with van der Waals surface area (Å²) in [5, 5.41) is 20.5. The molecule has 1 rings (SSSR count). The lowest BCUT2D eigenvalue weighted by atomic mass is 10.1. The number of benzene rings is 1. The Kier molecular flexibility index (Phi) is 4.23. The van der Waals surface area contributed by atoms with E-state index in [1.54, 1.807) is 36.4 Å². The lowest BCUT2D eigenvalue weighted by Crippen LogP contribution is -2.13. The summed E-state index contributed by atoms with van der Waals surface area (Å²) in [5.41, 5.74) is 8.65. The summed E-state index contributed by atoms with van der Waals surface area (Å²) in [7, 11) is 0. The Bertz CT molecular complexity index is 520. The number of nitrogens with one attached hydrogen (secondary N) is 1. The summed E-state index contributed by atoms with van der Waals surface area (Å²) >= 11 is 0. The molecule has 0 fully saturated rings. The Morgan fingerprint density at radius 2 is 2.12 bits per heavy atom. The monoisotopic (exact) mass is 227 g/mol. The van der Waals surface area contributed by atoms with Crippen molar-refractivity contribution in [3.8, 4) is 12.1 Å². The van der Waals surface area contributed by atoms with E-state index in [0.717, 1.165) is 5.56 Å². The van der Waals surface area contributed by atoms with Crippen LogP contribution in [0.1, 0.15) is 5.56 Å². The van der Waals surface area contributed by atoms with Crippen molar-refractivity contribution in [1.29, 1.82) is 10.5 Å². The molecule has 1 aromatic rings. The molecular formula is C11H9N5O. The third kappa shape index (κ3) is 4.02. The minimum absolute atomic E-state index is 0.128. The summed E-state index contributed by atoms with van der Waals surface area (Å²) in [6.45, 7) is 0. The number of carbonyl (C=O) groups excluding carboxylic acids is 1. The highest BCUT2D eigenvalue weighted by Crippen LogP contribution is 2.10. The predicted octanol–water partition coefficient (Wildman–Crippen LogP) is 0.529. The minimum Gasteiger partial charge on any atom is -0.369 e. The van der Waals surface area contributed by atoms with E-state index < -0.39 is 5.91 Å². The first kappa shape index (κ1) is 12.2. The fourth-order valence-corrected chi connectivity index (χ4v) is 1.15. The second kappa shape index (κ2) is 5.89. The molecule has 0 aliphatic rings. The number of hydrazone groups is 1. The fraction of sp³-hybridized carbons (Fsp3) is 0.0909. The van der Waals surface area contributed by atoms with Crippen LogP contribution in [-0.2, 0) is 11.2 Å². The van der Waals surface area contributed by atoms with Gasteiger partial charge in [0, 0.05) is 0 Å². The highest BCUT2D eigenvalue weighted by molar-refractivity contribution is 6.10. The Morgan fingerprint density at radius 3 is 2.71 bits per heavy atom. The molecular weight excluding hydrogens is 218 g/mol. The second-order valence-electron chi connectivity index (χ2n) is 3.14. The molecule has 0 heterocycles. The Hall–Kier alpha value is -2.86. The highest BCUT2D eigenvalue weighted by atomic mass is 16.1. The van der Waals surface area contributed by atoms with Gasteiger partial charge in [-0.2, -0.15) is 15.6 Å². The zero-order chi connectivity index (χ0) is 12.7. The van der Waals surface area contributed by atoms with Crippen molar-refractivity contribution >= 4 is 17.3 Å². The first-order chi connectivity index (χ1) is 8.15. The summed E-state index contributed by atoms with van der Waals surface area (Å²) < 4.78 is 0. The van der Waals surface area contributed by atoms with Crippen molar-refractivity contribution in [3.63, 3.8) is 0 Å². The molecule has 0 saturated carbocycles. The van der Waals surface area contributed by atoms with Crippen molar-refractivity contribution in [3.05, 3.63) is 29.8 Å². The van der Waals surface area contributed by atoms with Crippen LogP contribution in [-0.4, -0.2) is 11.6 Å². The molecule has 0 radical (unpaired) electrons. The lowest BCUT2D eigenvalue weighted by Gasteiger charge is -2.02. The van der Waals surface area contributed by atoms with Crippen LogP contribution in [0, 0.1) is 22.7 Å². The van der Waals surface area contributed by atoms with Crippen LogP contribution in [0.2, 0.25) is 0 Å². The van der Waals surface area contributed by atoms with Gasteiger partial charge in [-0.05, 0) is 17.7 Å². The van der Waals surface area contributed by atoms with Gasteiger partial charge in [-0.15, -0.1) is 0 Å². The van der Waals surface area contributed by atoms with Gasteiger partial charge in [0.25, 0.3) is 0 Å². The largest absolute Gasteiger partial charge is 0.369 e. The van der Waals surface area contributed by atoms with Crippen LogP contribution in [0.4, 0.5) is 5.69 Å². The van der Waals surface area contributed by atoms with Gasteiger partial charge in [-0.3, -0.25) is 10.2 Å². The second-order valence-corrected chi connectivity index (χ2v) is 3.14. The van der Waals surface area contributed by atoms with E-state index in [0.29, 0.717) is 5.69 Å². The van der Waals surface area contributed by atoms with Gasteiger partial charge in [0.1, 0.15) is 12.1 Å². The zero-order valence-electron chi connectivity index (χ0n) is 8.84. The molecule has 0 saturated heterocycles. The number of nitrogens with zero attached hydrogens (tertiary/aromatic N) is 3. The van der Waals surface area contributed by atoms with Crippen molar-refractivity contribution in [1.82, 2.24) is 0 Å². The SMILES string of the molecule is N#CC(C#N)=NNc1cccc(CC(N)=O)c1. The summed E-state index contributed by atoms with van der Waals surface area (Å²) in [6, 6.07) is 10.1. The van der Waals surface area contributed by atoms with E-state index in [4.69, 9.17) is 16.3 Å². The van der Waals surface area contributed by atoms with Gasteiger partial charge in [0.05, 0.1) is 12.1 Å². The van der Waals surface area contributed by atoms with Crippen LogP contribution < -0.4 is 11.2 Å². The van der Waals surface area contributed by atoms with E-state index in [1.165, 1.54) is 0 Å². The maximum Gasteiger partial charge on any atom is 0.237 e. The molecule has 1 amide bonds. The molecule has 6 nitrogen and oxygen atoms in total. The molecule has 0 unspecified atom stereocenters. The number of nitriles is 2. The van der Waals surface area contributed by atoms with Gasteiger partial charge in [0.2, 0.25) is 11.6 Å². The molecule has 17 heavy (non-hydrogen) atoms. The quantitative estimate of drug-likeness (QED) is 0.576. The lowest BCUT2D eigenvalue weighted by molar-refractivity contribution is -0.117.